The van der Waals surface area contributed by atoms with Gasteiger partial charge in [0.1, 0.15) is 5.75 Å². The molecule has 7 heteroatoms. The fourth-order valence-corrected chi connectivity index (χ4v) is 4.72. The predicted molar refractivity (Wildman–Crippen MR) is 117 cm³/mol. The highest BCUT2D eigenvalue weighted by Gasteiger charge is 2.21. The third-order valence-corrected chi connectivity index (χ3v) is 6.13. The van der Waals surface area contributed by atoms with Crippen LogP contribution in [0, 0.1) is 20.8 Å². The molecule has 0 aliphatic heterocycles. The van der Waals surface area contributed by atoms with E-state index in [4.69, 9.17) is 4.74 Å². The number of hydrogen-bond donors (Lipinski definition) is 2. The number of rotatable bonds is 7. The summed E-state index contributed by atoms with van der Waals surface area (Å²) in [6.45, 7) is 5.00. The molecule has 156 valence electrons. The Morgan fingerprint density at radius 2 is 1.50 bits per heavy atom. The number of para-hydroxylation sites is 3. The van der Waals surface area contributed by atoms with Gasteiger partial charge in [0.05, 0.1) is 17.1 Å². The van der Waals surface area contributed by atoms with E-state index >= 15 is 0 Å². The van der Waals surface area contributed by atoms with E-state index in [-0.39, 0.29) is 4.90 Å². The van der Waals surface area contributed by atoms with Crippen LogP contribution in [-0.2, 0) is 14.8 Å². The van der Waals surface area contributed by atoms with Gasteiger partial charge >= 0.3 is 0 Å². The number of carbonyl (C=O) groups is 1. The molecule has 6 nitrogen and oxygen atoms in total. The first-order chi connectivity index (χ1) is 14.3. The SMILES string of the molecule is Cc1cc(C)c(S(=O)(=O)NCC(=O)Nc2ccccc2Oc2ccccc2)c(C)c1. The van der Waals surface area contributed by atoms with Gasteiger partial charge in [-0.05, 0) is 56.2 Å². The zero-order chi connectivity index (χ0) is 21.7. The molecular formula is C23H24N2O4S. The van der Waals surface area contributed by atoms with E-state index in [1.807, 2.05) is 25.1 Å². The molecule has 0 aromatic heterocycles. The van der Waals surface area contributed by atoms with Crippen molar-refractivity contribution in [3.05, 3.63) is 83.4 Å². The average molecular weight is 425 g/mol. The maximum absolute atomic E-state index is 12.7. The monoisotopic (exact) mass is 424 g/mol. The maximum Gasteiger partial charge on any atom is 0.241 e. The van der Waals surface area contributed by atoms with Crippen LogP contribution in [0.1, 0.15) is 16.7 Å². The van der Waals surface area contributed by atoms with Crippen LogP contribution in [-0.4, -0.2) is 20.9 Å². The molecule has 1 amide bonds. The molecule has 3 rings (SSSR count). The van der Waals surface area contributed by atoms with Gasteiger partial charge in [0.25, 0.3) is 0 Å². The minimum atomic E-state index is -3.83. The average Bonchev–Trinajstić information content (AvgIpc) is 2.68. The summed E-state index contributed by atoms with van der Waals surface area (Å²) in [4.78, 5) is 12.6. The van der Waals surface area contributed by atoms with Crippen molar-refractivity contribution in [2.45, 2.75) is 25.7 Å². The van der Waals surface area contributed by atoms with Crippen LogP contribution in [0.4, 0.5) is 5.69 Å². The molecule has 0 aliphatic carbocycles. The Kier molecular flexibility index (Phi) is 6.54. The number of benzene rings is 3. The number of sulfonamides is 1. The minimum Gasteiger partial charge on any atom is -0.455 e. The number of hydrogen-bond acceptors (Lipinski definition) is 4. The Morgan fingerprint density at radius 1 is 0.900 bits per heavy atom. The van der Waals surface area contributed by atoms with E-state index in [0.717, 1.165) is 5.56 Å². The summed E-state index contributed by atoms with van der Waals surface area (Å²) in [6, 6.07) is 19.8. The molecule has 0 atom stereocenters. The summed E-state index contributed by atoms with van der Waals surface area (Å²) in [5.41, 5.74) is 2.72. The fourth-order valence-electron chi connectivity index (χ4n) is 3.29. The number of amides is 1. The van der Waals surface area contributed by atoms with E-state index < -0.39 is 22.5 Å². The second-order valence-corrected chi connectivity index (χ2v) is 8.72. The van der Waals surface area contributed by atoms with Crippen LogP contribution in [0.25, 0.3) is 0 Å². The first kappa shape index (κ1) is 21.5. The van der Waals surface area contributed by atoms with E-state index in [9.17, 15) is 13.2 Å². The van der Waals surface area contributed by atoms with Crippen molar-refractivity contribution in [2.75, 3.05) is 11.9 Å². The van der Waals surface area contributed by atoms with Crippen molar-refractivity contribution in [2.24, 2.45) is 0 Å². The normalized spacial score (nSPS) is 11.2. The standard InChI is InChI=1S/C23H24N2O4S/c1-16-13-17(2)23(18(3)14-16)30(27,28)24-15-22(26)25-20-11-7-8-12-21(20)29-19-9-5-4-6-10-19/h4-14,24H,15H2,1-3H3,(H,25,26). The van der Waals surface area contributed by atoms with Gasteiger partial charge in [0.2, 0.25) is 15.9 Å². The van der Waals surface area contributed by atoms with Crippen LogP contribution in [0.15, 0.2) is 71.6 Å². The molecule has 2 N–H and O–H groups in total. The highest BCUT2D eigenvalue weighted by atomic mass is 32.2. The quantitative estimate of drug-likeness (QED) is 0.592. The van der Waals surface area contributed by atoms with Crippen molar-refractivity contribution in [1.82, 2.24) is 4.72 Å². The summed E-state index contributed by atoms with van der Waals surface area (Å²) in [5, 5.41) is 2.70. The van der Waals surface area contributed by atoms with Gasteiger partial charge in [0, 0.05) is 0 Å². The Morgan fingerprint density at radius 3 is 2.17 bits per heavy atom. The molecule has 0 aliphatic rings. The Labute approximate surface area is 177 Å². The zero-order valence-electron chi connectivity index (χ0n) is 17.1. The molecule has 30 heavy (non-hydrogen) atoms. The van der Waals surface area contributed by atoms with Crippen LogP contribution in [0.3, 0.4) is 0 Å². The van der Waals surface area contributed by atoms with Gasteiger partial charge in [0.15, 0.2) is 5.75 Å². The summed E-state index contributed by atoms with van der Waals surface area (Å²) in [5.74, 6) is 0.598. The molecule has 0 fully saturated rings. The van der Waals surface area contributed by atoms with Gasteiger partial charge in [-0.3, -0.25) is 4.79 Å². The lowest BCUT2D eigenvalue weighted by Crippen LogP contribution is -2.33. The molecule has 0 heterocycles. The molecule has 3 aromatic carbocycles. The van der Waals surface area contributed by atoms with E-state index in [1.165, 1.54) is 0 Å². The fraction of sp³-hybridized carbons (Fsp3) is 0.174. The lowest BCUT2D eigenvalue weighted by Gasteiger charge is -2.14. The molecule has 0 bridgehead atoms. The Hall–Kier alpha value is -3.16. The Bertz CT molecular complexity index is 1140. The van der Waals surface area contributed by atoms with Gasteiger partial charge in [-0.25, -0.2) is 13.1 Å². The van der Waals surface area contributed by atoms with E-state index in [2.05, 4.69) is 10.0 Å². The van der Waals surface area contributed by atoms with Gasteiger partial charge in [-0.15, -0.1) is 0 Å². The van der Waals surface area contributed by atoms with E-state index in [0.29, 0.717) is 28.3 Å². The summed E-state index contributed by atoms with van der Waals surface area (Å²) >= 11 is 0. The summed E-state index contributed by atoms with van der Waals surface area (Å²) < 4.78 is 33.7. The molecule has 0 radical (unpaired) electrons. The topological polar surface area (TPSA) is 84.5 Å². The number of carbonyl (C=O) groups excluding carboxylic acids is 1. The summed E-state index contributed by atoms with van der Waals surface area (Å²) in [6.07, 6.45) is 0. The predicted octanol–water partition coefficient (Wildman–Crippen LogP) is 4.32. The van der Waals surface area contributed by atoms with E-state index in [1.54, 1.807) is 62.4 Å². The lowest BCUT2D eigenvalue weighted by atomic mass is 10.1. The largest absolute Gasteiger partial charge is 0.455 e. The molecular weight excluding hydrogens is 400 g/mol. The number of anilines is 1. The first-order valence-electron chi connectivity index (χ1n) is 9.45. The van der Waals surface area contributed by atoms with Gasteiger partial charge in [-0.2, -0.15) is 0 Å². The second-order valence-electron chi connectivity index (χ2n) is 7.01. The second kappa shape index (κ2) is 9.11. The number of ether oxygens (including phenoxy) is 1. The smallest absolute Gasteiger partial charge is 0.241 e. The van der Waals surface area contributed by atoms with Crippen molar-refractivity contribution in [3.8, 4) is 11.5 Å². The molecule has 0 spiro atoms. The van der Waals surface area contributed by atoms with Crippen LogP contribution in [0.2, 0.25) is 0 Å². The van der Waals surface area contributed by atoms with Gasteiger partial charge in [-0.1, -0.05) is 48.0 Å². The maximum atomic E-state index is 12.7. The van der Waals surface area contributed by atoms with Crippen LogP contribution < -0.4 is 14.8 Å². The molecule has 3 aromatic rings. The van der Waals surface area contributed by atoms with Crippen LogP contribution in [0.5, 0.6) is 11.5 Å². The Balaban J connectivity index is 1.70. The molecule has 0 saturated heterocycles. The van der Waals surface area contributed by atoms with Gasteiger partial charge < -0.3 is 10.1 Å². The van der Waals surface area contributed by atoms with Crippen molar-refractivity contribution >= 4 is 21.6 Å². The zero-order valence-corrected chi connectivity index (χ0v) is 17.9. The van der Waals surface area contributed by atoms with Crippen molar-refractivity contribution < 1.29 is 17.9 Å². The third kappa shape index (κ3) is 5.25. The minimum absolute atomic E-state index is 0.203. The number of nitrogens with one attached hydrogen (secondary N) is 2. The third-order valence-electron chi connectivity index (χ3n) is 4.43. The first-order valence-corrected chi connectivity index (χ1v) is 10.9. The highest BCUT2D eigenvalue weighted by molar-refractivity contribution is 7.89. The van der Waals surface area contributed by atoms with Crippen molar-refractivity contribution in [3.63, 3.8) is 0 Å². The van der Waals surface area contributed by atoms with Crippen molar-refractivity contribution in [1.29, 1.82) is 0 Å². The highest BCUT2D eigenvalue weighted by Crippen LogP contribution is 2.29. The lowest BCUT2D eigenvalue weighted by molar-refractivity contribution is -0.115. The molecule has 0 saturated carbocycles. The summed E-state index contributed by atoms with van der Waals surface area (Å²) in [7, 11) is -3.83. The number of aryl methyl sites for hydroxylation is 3. The van der Waals surface area contributed by atoms with Crippen LogP contribution >= 0.6 is 0 Å². The molecule has 0 unspecified atom stereocenters.